The van der Waals surface area contributed by atoms with Crippen LogP contribution in [0.15, 0.2) is 212 Å². The van der Waals surface area contributed by atoms with Gasteiger partial charge < -0.3 is 9.64 Å². The Kier molecular flexibility index (Phi) is 8.47. The Balaban J connectivity index is 1.15. The molecule has 1 aliphatic rings. The molecule has 2 heterocycles. The molecule has 0 spiro atoms. The van der Waals surface area contributed by atoms with Gasteiger partial charge in [-0.25, -0.2) is 9.97 Å². The zero-order chi connectivity index (χ0) is 37.3. The summed E-state index contributed by atoms with van der Waals surface area (Å²) in [5, 5.41) is 0. The third-order valence-corrected chi connectivity index (χ3v) is 10.3. The third-order valence-electron chi connectivity index (χ3n) is 10.3. The first-order valence-corrected chi connectivity index (χ1v) is 18.8. The van der Waals surface area contributed by atoms with Crippen LogP contribution in [-0.4, -0.2) is 9.97 Å². The molecule has 10 rings (SSSR count). The molecule has 0 atom stereocenters. The molecule has 0 saturated heterocycles. The van der Waals surface area contributed by atoms with Crippen LogP contribution in [0, 0.1) is 0 Å². The van der Waals surface area contributed by atoms with Crippen molar-refractivity contribution in [2.45, 2.75) is 0 Å². The van der Waals surface area contributed by atoms with Gasteiger partial charge in [-0.1, -0.05) is 170 Å². The van der Waals surface area contributed by atoms with Gasteiger partial charge in [-0.3, -0.25) is 0 Å². The predicted octanol–water partition coefficient (Wildman–Crippen LogP) is 14.1. The van der Waals surface area contributed by atoms with E-state index in [2.05, 4.69) is 157 Å². The molecule has 0 fully saturated rings. The highest BCUT2D eigenvalue weighted by atomic mass is 16.5. The van der Waals surface area contributed by atoms with Gasteiger partial charge in [0.1, 0.15) is 0 Å². The maximum Gasteiger partial charge on any atom is 0.160 e. The fraction of sp³-hybridized carbons (Fsp3) is 0. The van der Waals surface area contributed by atoms with Gasteiger partial charge in [0.05, 0.1) is 28.5 Å². The summed E-state index contributed by atoms with van der Waals surface area (Å²) in [5.41, 5.74) is 14.6. The van der Waals surface area contributed by atoms with Crippen LogP contribution in [0.25, 0.3) is 67.3 Å². The molecule has 0 aliphatic carbocycles. The van der Waals surface area contributed by atoms with Crippen molar-refractivity contribution in [2.75, 3.05) is 4.90 Å². The minimum atomic E-state index is 0.702. The first-order valence-electron chi connectivity index (χ1n) is 18.8. The Hall–Kier alpha value is -7.56. The molecule has 1 aliphatic heterocycles. The molecule has 0 radical (unpaired) electrons. The number of anilines is 3. The Morgan fingerprint density at radius 1 is 0.321 bits per heavy atom. The van der Waals surface area contributed by atoms with E-state index in [-0.39, 0.29) is 0 Å². The number of aromatic nitrogens is 2. The number of nitrogens with zero attached hydrogens (tertiary/aromatic N) is 3. The van der Waals surface area contributed by atoms with Crippen molar-refractivity contribution < 1.29 is 4.74 Å². The first-order chi connectivity index (χ1) is 27.8. The Bertz CT molecular complexity index is 2640. The fourth-order valence-electron chi connectivity index (χ4n) is 7.56. The zero-order valence-corrected chi connectivity index (χ0v) is 30.5. The van der Waals surface area contributed by atoms with E-state index in [0.29, 0.717) is 5.82 Å². The summed E-state index contributed by atoms with van der Waals surface area (Å²) in [7, 11) is 0. The van der Waals surface area contributed by atoms with Crippen molar-refractivity contribution >= 4 is 17.1 Å². The van der Waals surface area contributed by atoms with Crippen LogP contribution in [0.2, 0.25) is 0 Å². The second kappa shape index (κ2) is 14.3. The van der Waals surface area contributed by atoms with Crippen LogP contribution in [0.3, 0.4) is 0 Å². The van der Waals surface area contributed by atoms with Crippen LogP contribution in [0.4, 0.5) is 17.1 Å². The normalized spacial score (nSPS) is 11.7. The highest BCUT2D eigenvalue weighted by Crippen LogP contribution is 2.55. The molecule has 56 heavy (non-hydrogen) atoms. The van der Waals surface area contributed by atoms with Gasteiger partial charge in [0, 0.05) is 27.8 Å². The zero-order valence-electron chi connectivity index (χ0n) is 30.5. The molecule has 0 N–H and O–H groups in total. The van der Waals surface area contributed by atoms with Gasteiger partial charge in [0.2, 0.25) is 0 Å². The van der Waals surface area contributed by atoms with Crippen molar-refractivity contribution in [3.05, 3.63) is 212 Å². The maximum atomic E-state index is 6.48. The predicted molar refractivity (Wildman–Crippen MR) is 229 cm³/mol. The van der Waals surface area contributed by atoms with Gasteiger partial charge in [-0.15, -0.1) is 0 Å². The summed E-state index contributed by atoms with van der Waals surface area (Å²) in [5.74, 6) is 2.34. The molecule has 4 heteroatoms. The van der Waals surface area contributed by atoms with Crippen LogP contribution >= 0.6 is 0 Å². The van der Waals surface area contributed by atoms with Gasteiger partial charge >= 0.3 is 0 Å². The van der Waals surface area contributed by atoms with Crippen LogP contribution in [-0.2, 0) is 0 Å². The Morgan fingerprint density at radius 2 is 0.714 bits per heavy atom. The summed E-state index contributed by atoms with van der Waals surface area (Å²) >= 11 is 0. The number of fused-ring (bicyclic) bond motifs is 2. The molecule has 0 bridgehead atoms. The molecule has 8 aromatic carbocycles. The van der Waals surface area contributed by atoms with Crippen LogP contribution in [0.5, 0.6) is 11.5 Å². The monoisotopic (exact) mass is 717 g/mol. The van der Waals surface area contributed by atoms with Crippen LogP contribution in [0.1, 0.15) is 0 Å². The second-order valence-corrected chi connectivity index (χ2v) is 13.8. The fourth-order valence-corrected chi connectivity index (χ4v) is 7.56. The lowest BCUT2D eigenvalue weighted by molar-refractivity contribution is 0.477. The summed E-state index contributed by atoms with van der Waals surface area (Å²) in [6, 6.07) is 74.0. The van der Waals surface area contributed by atoms with Gasteiger partial charge in [0.15, 0.2) is 17.3 Å². The second-order valence-electron chi connectivity index (χ2n) is 13.8. The maximum absolute atomic E-state index is 6.48. The number of hydrogen-bond donors (Lipinski definition) is 0. The minimum Gasteiger partial charge on any atom is -0.453 e. The standard InChI is InChI=1S/C52H35N3O/c1-5-17-37(18-6-1)43-33-42(34-44(38-19-7-2-8-20-38)51(43)55-47-25-13-15-27-49(47)56-50-28-16-14-26-48(50)55)36-29-31-40(32-30-36)46-35-45(39-21-9-3-10-22-39)53-52(54-46)41-23-11-4-12-24-41/h1-35H. The highest BCUT2D eigenvalue weighted by molar-refractivity contribution is 6.02. The Labute approximate surface area is 326 Å². The Morgan fingerprint density at radius 3 is 1.21 bits per heavy atom. The number of ether oxygens (including phenoxy) is 1. The summed E-state index contributed by atoms with van der Waals surface area (Å²) in [6.07, 6.45) is 0. The lowest BCUT2D eigenvalue weighted by Gasteiger charge is -2.35. The molecule has 0 saturated carbocycles. The average Bonchev–Trinajstić information content (AvgIpc) is 3.29. The number of para-hydroxylation sites is 4. The van der Waals surface area contributed by atoms with Gasteiger partial charge in [-0.05, 0) is 64.7 Å². The molecule has 1 aromatic heterocycles. The average molecular weight is 718 g/mol. The van der Waals surface area contributed by atoms with Crippen molar-refractivity contribution in [1.82, 2.24) is 9.97 Å². The smallest absolute Gasteiger partial charge is 0.160 e. The largest absolute Gasteiger partial charge is 0.453 e. The lowest BCUT2D eigenvalue weighted by atomic mass is 9.89. The van der Waals surface area contributed by atoms with E-state index >= 15 is 0 Å². The van der Waals surface area contributed by atoms with Gasteiger partial charge in [-0.2, -0.15) is 0 Å². The van der Waals surface area contributed by atoms with Crippen LogP contribution < -0.4 is 9.64 Å². The summed E-state index contributed by atoms with van der Waals surface area (Å²) in [6.45, 7) is 0. The van der Waals surface area contributed by atoms with E-state index in [4.69, 9.17) is 14.7 Å². The molecule has 9 aromatic rings. The van der Waals surface area contributed by atoms with Crippen molar-refractivity contribution in [3.8, 4) is 78.8 Å². The van der Waals surface area contributed by atoms with Crippen molar-refractivity contribution in [1.29, 1.82) is 0 Å². The van der Waals surface area contributed by atoms with E-state index in [1.165, 1.54) is 0 Å². The first kappa shape index (κ1) is 33.0. The minimum absolute atomic E-state index is 0.702. The van der Waals surface area contributed by atoms with Crippen molar-refractivity contribution in [3.63, 3.8) is 0 Å². The number of hydrogen-bond acceptors (Lipinski definition) is 4. The van der Waals surface area contributed by atoms with E-state index < -0.39 is 0 Å². The molecule has 0 unspecified atom stereocenters. The summed E-state index contributed by atoms with van der Waals surface area (Å²) < 4.78 is 6.48. The molecule has 264 valence electrons. The summed E-state index contributed by atoms with van der Waals surface area (Å²) in [4.78, 5) is 12.4. The van der Waals surface area contributed by atoms with E-state index in [1.807, 2.05) is 60.7 Å². The van der Waals surface area contributed by atoms with Crippen molar-refractivity contribution in [2.24, 2.45) is 0 Å². The quantitative estimate of drug-likeness (QED) is 0.164. The van der Waals surface area contributed by atoms with E-state index in [1.54, 1.807) is 0 Å². The van der Waals surface area contributed by atoms with Gasteiger partial charge in [0.25, 0.3) is 0 Å². The molecular weight excluding hydrogens is 683 g/mol. The molecule has 0 amide bonds. The number of rotatable bonds is 7. The third kappa shape index (κ3) is 6.19. The molecule has 4 nitrogen and oxygen atoms in total. The lowest BCUT2D eigenvalue weighted by Crippen LogP contribution is -2.17. The SMILES string of the molecule is c1ccc(-c2cc(-c3ccc(-c4cc(-c5ccccc5)c(N5c6ccccc6Oc6ccccc65)c(-c5ccccc5)c4)cc3)nc(-c3ccccc3)n2)cc1. The van der Waals surface area contributed by atoms with E-state index in [0.717, 1.165) is 90.0 Å². The highest BCUT2D eigenvalue weighted by Gasteiger charge is 2.30. The molecular formula is C52H35N3O. The van der Waals surface area contributed by atoms with E-state index in [9.17, 15) is 0 Å². The number of benzene rings is 8. The topological polar surface area (TPSA) is 38.2 Å².